The van der Waals surface area contributed by atoms with Crippen LogP contribution >= 0.6 is 22.6 Å². The third kappa shape index (κ3) is 1.77. The molecular formula is C8H6FIO. The Kier molecular flexibility index (Phi) is 2.99. The summed E-state index contributed by atoms with van der Waals surface area (Å²) in [5.41, 5.74) is 0.933. The van der Waals surface area contributed by atoms with Crippen LogP contribution in [0.25, 0.3) is 0 Å². The molecule has 0 spiro atoms. The number of rotatable bonds is 2. The van der Waals surface area contributed by atoms with Crippen LogP contribution in [0.1, 0.15) is 15.9 Å². The maximum Gasteiger partial charge on any atom is 0.153 e. The van der Waals surface area contributed by atoms with Crippen molar-refractivity contribution in [2.24, 2.45) is 0 Å². The summed E-state index contributed by atoms with van der Waals surface area (Å²) < 4.78 is 13.5. The first kappa shape index (κ1) is 8.64. The van der Waals surface area contributed by atoms with E-state index in [0.717, 1.165) is 5.56 Å². The van der Waals surface area contributed by atoms with E-state index in [-0.39, 0.29) is 5.56 Å². The molecule has 0 fully saturated rings. The predicted molar refractivity (Wildman–Crippen MR) is 49.5 cm³/mol. The van der Waals surface area contributed by atoms with Crippen molar-refractivity contribution in [1.29, 1.82) is 0 Å². The fraction of sp³-hybridized carbons (Fsp3) is 0.125. The molecule has 0 N–H and O–H groups in total. The number of benzene rings is 1. The molecule has 0 aromatic heterocycles. The zero-order valence-corrected chi connectivity index (χ0v) is 7.84. The molecule has 0 atom stereocenters. The smallest absolute Gasteiger partial charge is 0.153 e. The Labute approximate surface area is 77.8 Å². The Bertz CT molecular complexity index is 273. The summed E-state index contributed by atoms with van der Waals surface area (Å²) in [4.78, 5) is 10.4. The molecule has 58 valence electrons. The van der Waals surface area contributed by atoms with Crippen LogP contribution in [0.4, 0.5) is 4.39 Å². The Hall–Kier alpha value is -0.450. The van der Waals surface area contributed by atoms with Gasteiger partial charge in [0, 0.05) is 4.43 Å². The maximum atomic E-state index is 12.8. The van der Waals surface area contributed by atoms with Crippen LogP contribution in [0, 0.1) is 5.82 Å². The van der Waals surface area contributed by atoms with Crippen LogP contribution in [0.3, 0.4) is 0 Å². The average Bonchev–Trinajstić information content (AvgIpc) is 2.04. The van der Waals surface area contributed by atoms with Crippen molar-refractivity contribution in [3.8, 4) is 0 Å². The van der Waals surface area contributed by atoms with E-state index in [4.69, 9.17) is 0 Å². The molecule has 0 saturated carbocycles. The van der Waals surface area contributed by atoms with Gasteiger partial charge in [0.15, 0.2) is 6.29 Å². The van der Waals surface area contributed by atoms with Gasteiger partial charge in [-0.3, -0.25) is 4.79 Å². The normalized spacial score (nSPS) is 9.64. The van der Waals surface area contributed by atoms with Crippen LogP contribution in [0.15, 0.2) is 18.2 Å². The quantitative estimate of drug-likeness (QED) is 0.456. The number of alkyl halides is 1. The van der Waals surface area contributed by atoms with Crippen LogP contribution in [-0.4, -0.2) is 6.29 Å². The van der Waals surface area contributed by atoms with Gasteiger partial charge in [0.2, 0.25) is 0 Å². The summed E-state index contributed by atoms with van der Waals surface area (Å²) in [5, 5.41) is 0. The van der Waals surface area contributed by atoms with E-state index < -0.39 is 5.82 Å². The van der Waals surface area contributed by atoms with Gasteiger partial charge in [-0.2, -0.15) is 0 Å². The third-order valence-electron chi connectivity index (χ3n) is 1.41. The van der Waals surface area contributed by atoms with Gasteiger partial charge < -0.3 is 0 Å². The number of aldehydes is 1. The van der Waals surface area contributed by atoms with Gasteiger partial charge >= 0.3 is 0 Å². The lowest BCUT2D eigenvalue weighted by atomic mass is 10.1. The maximum absolute atomic E-state index is 12.8. The minimum atomic E-state index is -0.436. The number of hydrogen-bond acceptors (Lipinski definition) is 1. The van der Waals surface area contributed by atoms with Crippen LogP contribution < -0.4 is 0 Å². The number of carbonyl (C=O) groups excluding carboxylic acids is 1. The molecule has 1 aromatic carbocycles. The molecule has 0 bridgehead atoms. The van der Waals surface area contributed by atoms with Crippen molar-refractivity contribution in [3.63, 3.8) is 0 Å². The van der Waals surface area contributed by atoms with Gasteiger partial charge in [-0.15, -0.1) is 0 Å². The lowest BCUT2D eigenvalue weighted by molar-refractivity contribution is 0.111. The van der Waals surface area contributed by atoms with Crippen molar-refractivity contribution in [2.45, 2.75) is 4.43 Å². The van der Waals surface area contributed by atoms with Crippen LogP contribution in [-0.2, 0) is 4.43 Å². The molecule has 0 saturated heterocycles. The summed E-state index contributed by atoms with van der Waals surface area (Å²) >= 11 is 2.09. The third-order valence-corrected chi connectivity index (χ3v) is 2.23. The monoisotopic (exact) mass is 264 g/mol. The van der Waals surface area contributed by atoms with Gasteiger partial charge in [0.25, 0.3) is 0 Å². The van der Waals surface area contributed by atoms with E-state index in [1.165, 1.54) is 6.07 Å². The fourth-order valence-electron chi connectivity index (χ4n) is 0.830. The van der Waals surface area contributed by atoms with E-state index in [9.17, 15) is 9.18 Å². The molecule has 1 aromatic rings. The first-order valence-corrected chi connectivity index (χ1v) is 4.60. The van der Waals surface area contributed by atoms with Crippen molar-refractivity contribution in [2.75, 3.05) is 0 Å². The van der Waals surface area contributed by atoms with E-state index in [1.807, 2.05) is 0 Å². The second-order valence-electron chi connectivity index (χ2n) is 2.06. The molecule has 1 nitrogen and oxygen atoms in total. The van der Waals surface area contributed by atoms with E-state index >= 15 is 0 Å². The summed E-state index contributed by atoms with van der Waals surface area (Å²) in [7, 11) is 0. The standard InChI is InChI=1S/C8H6FIO/c9-8-3-1-2-6(4-10)7(8)5-11/h1-3,5H,4H2. The topological polar surface area (TPSA) is 17.1 Å². The molecule has 0 unspecified atom stereocenters. The lowest BCUT2D eigenvalue weighted by Crippen LogP contribution is -1.92. The molecule has 0 heterocycles. The Morgan fingerprint density at radius 1 is 1.55 bits per heavy atom. The minimum Gasteiger partial charge on any atom is -0.298 e. The molecule has 3 heteroatoms. The Morgan fingerprint density at radius 3 is 2.73 bits per heavy atom. The van der Waals surface area contributed by atoms with Crippen molar-refractivity contribution in [1.82, 2.24) is 0 Å². The van der Waals surface area contributed by atoms with Crippen LogP contribution in [0.2, 0.25) is 0 Å². The van der Waals surface area contributed by atoms with Crippen molar-refractivity contribution >= 4 is 28.9 Å². The summed E-state index contributed by atoms with van der Waals surface area (Å²) in [6.45, 7) is 0. The minimum absolute atomic E-state index is 0.182. The second-order valence-corrected chi connectivity index (χ2v) is 2.83. The van der Waals surface area contributed by atoms with E-state index in [1.54, 1.807) is 12.1 Å². The lowest BCUT2D eigenvalue weighted by Gasteiger charge is -1.99. The molecular weight excluding hydrogens is 258 g/mol. The van der Waals surface area contributed by atoms with Gasteiger partial charge in [-0.1, -0.05) is 34.7 Å². The highest BCUT2D eigenvalue weighted by Gasteiger charge is 2.04. The molecule has 1 rings (SSSR count). The highest BCUT2D eigenvalue weighted by atomic mass is 127. The molecule has 0 aliphatic carbocycles. The Balaban J connectivity index is 3.24. The Morgan fingerprint density at radius 2 is 2.27 bits per heavy atom. The number of hydrogen-bond donors (Lipinski definition) is 0. The van der Waals surface area contributed by atoms with Gasteiger partial charge in [0.05, 0.1) is 5.56 Å². The largest absolute Gasteiger partial charge is 0.298 e. The number of halogens is 2. The van der Waals surface area contributed by atoms with E-state index in [0.29, 0.717) is 10.7 Å². The molecule has 11 heavy (non-hydrogen) atoms. The number of carbonyl (C=O) groups is 1. The summed E-state index contributed by atoms with van der Waals surface area (Å²) in [6, 6.07) is 4.65. The zero-order valence-electron chi connectivity index (χ0n) is 5.68. The molecule has 0 radical (unpaired) electrons. The SMILES string of the molecule is O=Cc1c(F)cccc1CI. The van der Waals surface area contributed by atoms with E-state index in [2.05, 4.69) is 22.6 Å². The van der Waals surface area contributed by atoms with Gasteiger partial charge in [-0.25, -0.2) is 4.39 Å². The van der Waals surface area contributed by atoms with Crippen molar-refractivity contribution in [3.05, 3.63) is 35.1 Å². The van der Waals surface area contributed by atoms with Gasteiger partial charge in [0.1, 0.15) is 5.82 Å². The molecule has 0 amide bonds. The first-order valence-electron chi connectivity index (χ1n) is 3.08. The second kappa shape index (κ2) is 3.80. The summed E-state index contributed by atoms with van der Waals surface area (Å²) in [5.74, 6) is -0.436. The predicted octanol–water partition coefficient (Wildman–Crippen LogP) is 2.57. The zero-order chi connectivity index (χ0) is 8.27. The average molecular weight is 264 g/mol. The van der Waals surface area contributed by atoms with Crippen molar-refractivity contribution < 1.29 is 9.18 Å². The van der Waals surface area contributed by atoms with Gasteiger partial charge in [-0.05, 0) is 11.6 Å². The van der Waals surface area contributed by atoms with Crippen LogP contribution in [0.5, 0.6) is 0 Å². The highest BCUT2D eigenvalue weighted by Crippen LogP contribution is 2.14. The summed E-state index contributed by atoms with van der Waals surface area (Å²) in [6.07, 6.45) is 0.559. The highest BCUT2D eigenvalue weighted by molar-refractivity contribution is 14.1. The molecule has 0 aliphatic heterocycles. The fourth-order valence-corrected chi connectivity index (χ4v) is 1.50. The molecule has 0 aliphatic rings. The first-order chi connectivity index (χ1) is 5.29.